The van der Waals surface area contributed by atoms with Gasteiger partial charge in [0.05, 0.1) is 12.7 Å². The average Bonchev–Trinajstić information content (AvgIpc) is 2.26. The van der Waals surface area contributed by atoms with Crippen LogP contribution < -0.4 is 4.74 Å². The molecule has 2 N–H and O–H groups in total. The third-order valence-electron chi connectivity index (χ3n) is 2.02. The van der Waals surface area contributed by atoms with E-state index in [1.54, 1.807) is 24.3 Å². The second-order valence-electron chi connectivity index (χ2n) is 3.18. The van der Waals surface area contributed by atoms with Gasteiger partial charge in [0.2, 0.25) is 0 Å². The second kappa shape index (κ2) is 5.62. The lowest BCUT2D eigenvalue weighted by atomic mass is 10.2. The summed E-state index contributed by atoms with van der Waals surface area (Å²) in [6, 6.07) is 7.17. The molecule has 0 aromatic heterocycles. The van der Waals surface area contributed by atoms with Gasteiger partial charge in [-0.3, -0.25) is 0 Å². The molecule has 14 heavy (non-hydrogen) atoms. The highest BCUT2D eigenvalue weighted by molar-refractivity contribution is 5.26. The van der Waals surface area contributed by atoms with Gasteiger partial charge >= 0.3 is 0 Å². The summed E-state index contributed by atoms with van der Waals surface area (Å²) in [6.45, 7) is 2.26. The Morgan fingerprint density at radius 1 is 1.29 bits per heavy atom. The van der Waals surface area contributed by atoms with Crippen LogP contribution >= 0.6 is 0 Å². The van der Waals surface area contributed by atoms with Crippen LogP contribution in [0.1, 0.15) is 18.9 Å². The van der Waals surface area contributed by atoms with Crippen molar-refractivity contribution < 1.29 is 14.9 Å². The lowest BCUT2D eigenvalue weighted by molar-refractivity contribution is 0.104. The molecule has 3 heteroatoms. The van der Waals surface area contributed by atoms with Crippen LogP contribution in [0.3, 0.4) is 0 Å². The van der Waals surface area contributed by atoms with E-state index in [2.05, 4.69) is 0 Å². The molecule has 1 rings (SSSR count). The summed E-state index contributed by atoms with van der Waals surface area (Å²) in [5, 5.41) is 18.1. The largest absolute Gasteiger partial charge is 0.491 e. The normalized spacial score (nSPS) is 12.5. The van der Waals surface area contributed by atoms with E-state index in [4.69, 9.17) is 9.84 Å². The summed E-state index contributed by atoms with van der Waals surface area (Å²) in [6.07, 6.45) is 0.280. The predicted molar refractivity (Wildman–Crippen MR) is 54.2 cm³/mol. The standard InChI is InChI=1S/C11H16O3/c1-2-10(13)8-14-11-5-3-9(7-12)4-6-11/h3-6,10,12-13H,2,7-8H2,1H3. The first-order valence-electron chi connectivity index (χ1n) is 4.77. The van der Waals surface area contributed by atoms with Crippen molar-refractivity contribution in [3.8, 4) is 5.75 Å². The van der Waals surface area contributed by atoms with E-state index in [9.17, 15) is 5.11 Å². The predicted octanol–water partition coefficient (Wildman–Crippen LogP) is 1.33. The van der Waals surface area contributed by atoms with Gasteiger partial charge in [-0.05, 0) is 24.1 Å². The van der Waals surface area contributed by atoms with Crippen LogP contribution in [0.15, 0.2) is 24.3 Å². The molecular weight excluding hydrogens is 180 g/mol. The van der Waals surface area contributed by atoms with Gasteiger partial charge in [-0.25, -0.2) is 0 Å². The van der Waals surface area contributed by atoms with Crippen molar-refractivity contribution in [3.05, 3.63) is 29.8 Å². The molecule has 0 fully saturated rings. The fourth-order valence-electron chi connectivity index (χ4n) is 1.00. The zero-order chi connectivity index (χ0) is 10.4. The Morgan fingerprint density at radius 3 is 2.43 bits per heavy atom. The molecule has 0 aliphatic rings. The molecule has 0 saturated heterocycles. The van der Waals surface area contributed by atoms with Gasteiger partial charge in [-0.1, -0.05) is 19.1 Å². The minimum atomic E-state index is -0.410. The zero-order valence-corrected chi connectivity index (χ0v) is 8.31. The smallest absolute Gasteiger partial charge is 0.119 e. The van der Waals surface area contributed by atoms with Gasteiger partial charge in [-0.15, -0.1) is 0 Å². The van der Waals surface area contributed by atoms with Crippen LogP contribution in [0.5, 0.6) is 5.75 Å². The molecule has 0 amide bonds. The van der Waals surface area contributed by atoms with Crippen LogP contribution in [-0.2, 0) is 6.61 Å². The van der Waals surface area contributed by atoms with Crippen molar-refractivity contribution in [1.82, 2.24) is 0 Å². The van der Waals surface area contributed by atoms with Gasteiger partial charge in [0, 0.05) is 0 Å². The number of rotatable bonds is 5. The number of aliphatic hydroxyl groups excluding tert-OH is 2. The fraction of sp³-hybridized carbons (Fsp3) is 0.455. The van der Waals surface area contributed by atoms with Crippen LogP contribution in [0.2, 0.25) is 0 Å². The lowest BCUT2D eigenvalue weighted by Crippen LogP contribution is -2.15. The molecule has 1 aromatic carbocycles. The van der Waals surface area contributed by atoms with Crippen molar-refractivity contribution in [2.45, 2.75) is 26.1 Å². The lowest BCUT2D eigenvalue weighted by Gasteiger charge is -2.10. The van der Waals surface area contributed by atoms with E-state index in [1.807, 2.05) is 6.92 Å². The number of ether oxygens (including phenoxy) is 1. The third kappa shape index (κ3) is 3.36. The van der Waals surface area contributed by atoms with E-state index in [1.165, 1.54) is 0 Å². The van der Waals surface area contributed by atoms with Crippen LogP contribution in [0.4, 0.5) is 0 Å². The Kier molecular flexibility index (Phi) is 4.43. The van der Waals surface area contributed by atoms with Crippen molar-refractivity contribution >= 4 is 0 Å². The van der Waals surface area contributed by atoms with Gasteiger partial charge in [0.1, 0.15) is 12.4 Å². The molecule has 0 aliphatic carbocycles. The fourth-order valence-corrected chi connectivity index (χ4v) is 1.00. The molecule has 0 radical (unpaired) electrons. The molecule has 3 nitrogen and oxygen atoms in total. The van der Waals surface area contributed by atoms with Gasteiger partial charge < -0.3 is 14.9 Å². The van der Waals surface area contributed by atoms with E-state index < -0.39 is 6.10 Å². The molecule has 1 atom stereocenters. The van der Waals surface area contributed by atoms with Crippen molar-refractivity contribution in [2.24, 2.45) is 0 Å². The van der Waals surface area contributed by atoms with Gasteiger partial charge in [0.25, 0.3) is 0 Å². The topological polar surface area (TPSA) is 49.7 Å². The molecule has 0 bridgehead atoms. The molecular formula is C11H16O3. The monoisotopic (exact) mass is 196 g/mol. The summed E-state index contributed by atoms with van der Waals surface area (Å²) in [7, 11) is 0. The molecule has 78 valence electrons. The molecule has 1 unspecified atom stereocenters. The van der Waals surface area contributed by atoms with Gasteiger partial charge in [-0.2, -0.15) is 0 Å². The Balaban J connectivity index is 2.43. The Hall–Kier alpha value is -1.06. The highest BCUT2D eigenvalue weighted by atomic mass is 16.5. The first-order valence-corrected chi connectivity index (χ1v) is 4.77. The van der Waals surface area contributed by atoms with Crippen LogP contribution in [0.25, 0.3) is 0 Å². The highest BCUT2D eigenvalue weighted by Gasteiger charge is 2.01. The Morgan fingerprint density at radius 2 is 1.93 bits per heavy atom. The first-order chi connectivity index (χ1) is 6.76. The Labute approximate surface area is 84.0 Å². The summed E-state index contributed by atoms with van der Waals surface area (Å²) >= 11 is 0. The maximum Gasteiger partial charge on any atom is 0.119 e. The number of benzene rings is 1. The van der Waals surface area contributed by atoms with Crippen LogP contribution in [0, 0.1) is 0 Å². The van der Waals surface area contributed by atoms with E-state index in [-0.39, 0.29) is 6.61 Å². The average molecular weight is 196 g/mol. The minimum Gasteiger partial charge on any atom is -0.491 e. The molecule has 1 aromatic rings. The van der Waals surface area contributed by atoms with Crippen molar-refractivity contribution in [2.75, 3.05) is 6.61 Å². The molecule has 0 saturated carbocycles. The van der Waals surface area contributed by atoms with Crippen molar-refractivity contribution in [1.29, 1.82) is 0 Å². The maximum absolute atomic E-state index is 9.26. The van der Waals surface area contributed by atoms with Gasteiger partial charge in [0.15, 0.2) is 0 Å². The number of hydrogen-bond acceptors (Lipinski definition) is 3. The number of aliphatic hydroxyl groups is 2. The summed E-state index contributed by atoms with van der Waals surface area (Å²) in [5.41, 5.74) is 0.855. The third-order valence-corrected chi connectivity index (χ3v) is 2.02. The number of hydrogen-bond donors (Lipinski definition) is 2. The highest BCUT2D eigenvalue weighted by Crippen LogP contribution is 2.12. The van der Waals surface area contributed by atoms with Crippen LogP contribution in [-0.4, -0.2) is 22.9 Å². The molecule has 0 heterocycles. The molecule has 0 aliphatic heterocycles. The summed E-state index contributed by atoms with van der Waals surface area (Å²) in [4.78, 5) is 0. The van der Waals surface area contributed by atoms with E-state index in [0.717, 1.165) is 11.3 Å². The quantitative estimate of drug-likeness (QED) is 0.747. The first kappa shape index (κ1) is 11.0. The van der Waals surface area contributed by atoms with E-state index >= 15 is 0 Å². The summed E-state index contributed by atoms with van der Waals surface area (Å²) in [5.74, 6) is 0.717. The van der Waals surface area contributed by atoms with E-state index in [0.29, 0.717) is 13.0 Å². The second-order valence-corrected chi connectivity index (χ2v) is 3.18. The summed E-state index contributed by atoms with van der Waals surface area (Å²) < 4.78 is 5.33. The SMILES string of the molecule is CCC(O)COc1ccc(CO)cc1. The minimum absolute atomic E-state index is 0.0395. The Bertz CT molecular complexity index is 256. The molecule has 0 spiro atoms. The maximum atomic E-state index is 9.26. The van der Waals surface area contributed by atoms with Crippen molar-refractivity contribution in [3.63, 3.8) is 0 Å². The zero-order valence-electron chi connectivity index (χ0n) is 8.31.